The monoisotopic (exact) mass is 222 g/mol. The molecule has 0 aliphatic rings. The second-order valence-corrected chi connectivity index (χ2v) is 10.3. The first-order valence-electron chi connectivity index (χ1n) is 5.40. The molecule has 3 heteroatoms. The van der Waals surface area contributed by atoms with Crippen molar-refractivity contribution < 1.29 is 0 Å². The molecule has 0 fully saturated rings. The molecule has 0 amide bonds. The van der Waals surface area contributed by atoms with Crippen LogP contribution >= 0.6 is 0 Å². The number of hydrazine groups is 1. The van der Waals surface area contributed by atoms with Crippen LogP contribution < -0.4 is 10.6 Å². The summed E-state index contributed by atoms with van der Waals surface area (Å²) in [5.74, 6) is 0. The van der Waals surface area contributed by atoms with E-state index in [1.807, 2.05) is 19.1 Å². The Kier molecular flexibility index (Phi) is 4.08. The van der Waals surface area contributed by atoms with Crippen LogP contribution in [-0.2, 0) is 6.54 Å². The lowest BCUT2D eigenvalue weighted by Gasteiger charge is -2.17. The molecule has 1 aromatic carbocycles. The van der Waals surface area contributed by atoms with Gasteiger partial charge in [-0.2, -0.15) is 0 Å². The molecule has 0 unspecified atom stereocenters. The number of rotatable bonds is 4. The van der Waals surface area contributed by atoms with Crippen LogP contribution in [0.4, 0.5) is 0 Å². The van der Waals surface area contributed by atoms with Crippen molar-refractivity contribution in [1.82, 2.24) is 10.4 Å². The van der Waals surface area contributed by atoms with Gasteiger partial charge in [0.1, 0.15) is 0 Å². The average molecular weight is 222 g/mol. The molecular formula is C12H22N2Si. The molecule has 2 nitrogen and oxygen atoms in total. The third kappa shape index (κ3) is 4.16. The molecule has 0 bridgehead atoms. The summed E-state index contributed by atoms with van der Waals surface area (Å²) in [6, 6.07) is 9.01. The minimum absolute atomic E-state index is 0.902. The molecule has 0 saturated carbocycles. The fourth-order valence-corrected chi connectivity index (χ4v) is 2.54. The Morgan fingerprint density at radius 3 is 2.00 bits per heavy atom. The van der Waals surface area contributed by atoms with Crippen LogP contribution in [0.1, 0.15) is 5.56 Å². The normalized spacial score (nSPS) is 12.1. The molecule has 0 aliphatic heterocycles. The van der Waals surface area contributed by atoms with Gasteiger partial charge in [-0.15, -0.1) is 0 Å². The van der Waals surface area contributed by atoms with Crippen molar-refractivity contribution in [2.75, 3.05) is 14.1 Å². The van der Waals surface area contributed by atoms with Crippen LogP contribution in [0.3, 0.4) is 0 Å². The average Bonchev–Trinajstić information content (AvgIpc) is 2.14. The van der Waals surface area contributed by atoms with E-state index < -0.39 is 8.07 Å². The molecular weight excluding hydrogens is 200 g/mol. The van der Waals surface area contributed by atoms with Gasteiger partial charge in [-0.05, 0) is 5.56 Å². The predicted molar refractivity (Wildman–Crippen MR) is 69.9 cm³/mol. The molecule has 1 rings (SSSR count). The van der Waals surface area contributed by atoms with E-state index in [1.54, 1.807) is 0 Å². The van der Waals surface area contributed by atoms with Gasteiger partial charge in [0.2, 0.25) is 0 Å². The van der Waals surface area contributed by atoms with Gasteiger partial charge in [-0.25, -0.2) is 0 Å². The Hall–Kier alpha value is -0.643. The highest BCUT2D eigenvalue weighted by Crippen LogP contribution is 2.04. The molecule has 1 aromatic rings. The zero-order valence-electron chi connectivity index (χ0n) is 10.5. The number of nitrogens with zero attached hydrogens (tertiary/aromatic N) is 1. The summed E-state index contributed by atoms with van der Waals surface area (Å²) in [6.07, 6.45) is 0. The molecule has 0 atom stereocenters. The largest absolute Gasteiger partial charge is 0.251 e. The summed E-state index contributed by atoms with van der Waals surface area (Å²) in [7, 11) is 2.89. The van der Waals surface area contributed by atoms with Crippen LogP contribution in [0.5, 0.6) is 0 Å². The summed E-state index contributed by atoms with van der Waals surface area (Å²) < 4.78 is 0. The predicted octanol–water partition coefficient (Wildman–Crippen LogP) is 1.80. The Morgan fingerprint density at radius 2 is 1.60 bits per heavy atom. The molecule has 84 valence electrons. The van der Waals surface area contributed by atoms with E-state index in [2.05, 4.69) is 49.3 Å². The van der Waals surface area contributed by atoms with Crippen molar-refractivity contribution in [2.45, 2.75) is 26.2 Å². The lowest BCUT2D eigenvalue weighted by Crippen LogP contribution is -2.37. The van der Waals surface area contributed by atoms with Gasteiger partial charge >= 0.3 is 0 Å². The fraction of sp³-hybridized carbons (Fsp3) is 0.500. The van der Waals surface area contributed by atoms with Gasteiger partial charge in [0.15, 0.2) is 0 Å². The van der Waals surface area contributed by atoms with Crippen LogP contribution in [0, 0.1) is 0 Å². The molecule has 0 aromatic heterocycles. The Balaban J connectivity index is 2.65. The van der Waals surface area contributed by atoms with Crippen molar-refractivity contribution in [3.8, 4) is 0 Å². The number of hydrogen-bond acceptors (Lipinski definition) is 2. The third-order valence-electron chi connectivity index (χ3n) is 2.42. The lowest BCUT2D eigenvalue weighted by atomic mass is 10.2. The van der Waals surface area contributed by atoms with Gasteiger partial charge in [-0.1, -0.05) is 49.1 Å². The molecule has 0 heterocycles. The van der Waals surface area contributed by atoms with Crippen molar-refractivity contribution >= 4 is 13.3 Å². The highest BCUT2D eigenvalue weighted by molar-refractivity contribution is 6.88. The van der Waals surface area contributed by atoms with Gasteiger partial charge in [0, 0.05) is 20.6 Å². The zero-order valence-corrected chi connectivity index (χ0v) is 11.5. The van der Waals surface area contributed by atoms with Crippen LogP contribution in [-0.4, -0.2) is 27.2 Å². The lowest BCUT2D eigenvalue weighted by molar-refractivity contribution is 0.286. The number of hydrogen-bond donors (Lipinski definition) is 1. The fourth-order valence-electron chi connectivity index (χ4n) is 1.37. The first kappa shape index (κ1) is 12.4. The molecule has 0 saturated heterocycles. The molecule has 0 aliphatic carbocycles. The maximum atomic E-state index is 3.26. The van der Waals surface area contributed by atoms with E-state index in [-0.39, 0.29) is 0 Å². The highest BCUT2D eigenvalue weighted by Gasteiger charge is 2.15. The first-order chi connectivity index (χ1) is 6.89. The van der Waals surface area contributed by atoms with E-state index >= 15 is 0 Å². The van der Waals surface area contributed by atoms with Crippen molar-refractivity contribution in [1.29, 1.82) is 0 Å². The van der Waals surface area contributed by atoms with Crippen LogP contribution in [0.15, 0.2) is 24.3 Å². The summed E-state index contributed by atoms with van der Waals surface area (Å²) >= 11 is 0. The van der Waals surface area contributed by atoms with Gasteiger partial charge in [0.05, 0.1) is 8.07 Å². The quantitative estimate of drug-likeness (QED) is 0.617. The van der Waals surface area contributed by atoms with E-state index in [0.717, 1.165) is 6.54 Å². The second-order valence-electron chi connectivity index (χ2n) is 5.18. The van der Waals surface area contributed by atoms with Crippen molar-refractivity contribution in [3.05, 3.63) is 29.8 Å². The molecule has 1 N–H and O–H groups in total. The van der Waals surface area contributed by atoms with Gasteiger partial charge in [-0.3, -0.25) is 10.4 Å². The van der Waals surface area contributed by atoms with E-state index in [9.17, 15) is 0 Å². The van der Waals surface area contributed by atoms with Crippen LogP contribution in [0.2, 0.25) is 19.6 Å². The summed E-state index contributed by atoms with van der Waals surface area (Å²) in [6.45, 7) is 8.03. The molecule has 0 spiro atoms. The smallest absolute Gasteiger partial charge is 0.0775 e. The standard InChI is InChI=1S/C12H22N2Si/c1-14(2)13-10-11-6-8-12(9-7-11)15(3,4)5/h6-9,13H,10H2,1-5H3. The Bertz CT molecular complexity index is 298. The van der Waals surface area contributed by atoms with E-state index in [4.69, 9.17) is 0 Å². The number of benzene rings is 1. The van der Waals surface area contributed by atoms with Crippen molar-refractivity contribution in [3.63, 3.8) is 0 Å². The summed E-state index contributed by atoms with van der Waals surface area (Å²) in [5.41, 5.74) is 4.60. The third-order valence-corrected chi connectivity index (χ3v) is 4.48. The minimum Gasteiger partial charge on any atom is -0.251 e. The molecule has 0 radical (unpaired) electrons. The Morgan fingerprint density at radius 1 is 1.07 bits per heavy atom. The minimum atomic E-state index is -1.13. The summed E-state index contributed by atoms with van der Waals surface area (Å²) in [5, 5.41) is 3.50. The van der Waals surface area contributed by atoms with Crippen LogP contribution in [0.25, 0.3) is 0 Å². The van der Waals surface area contributed by atoms with E-state index in [1.165, 1.54) is 10.8 Å². The Labute approximate surface area is 94.3 Å². The van der Waals surface area contributed by atoms with E-state index in [0.29, 0.717) is 0 Å². The highest BCUT2D eigenvalue weighted by atomic mass is 28.3. The van der Waals surface area contributed by atoms with Gasteiger partial charge in [0.25, 0.3) is 0 Å². The topological polar surface area (TPSA) is 15.3 Å². The van der Waals surface area contributed by atoms with Crippen molar-refractivity contribution in [2.24, 2.45) is 0 Å². The number of nitrogens with one attached hydrogen (secondary N) is 1. The summed E-state index contributed by atoms with van der Waals surface area (Å²) in [4.78, 5) is 0. The maximum absolute atomic E-state index is 3.26. The maximum Gasteiger partial charge on any atom is 0.0775 e. The second kappa shape index (κ2) is 4.92. The first-order valence-corrected chi connectivity index (χ1v) is 8.90. The SMILES string of the molecule is CN(C)NCc1ccc([Si](C)(C)C)cc1. The zero-order chi connectivity index (χ0) is 11.5. The molecule has 15 heavy (non-hydrogen) atoms. The van der Waals surface area contributed by atoms with Gasteiger partial charge < -0.3 is 0 Å².